The van der Waals surface area contributed by atoms with Gasteiger partial charge in [0.05, 0.1) is 0 Å². The van der Waals surface area contributed by atoms with Crippen molar-refractivity contribution in [2.45, 2.75) is 19.3 Å². The summed E-state index contributed by atoms with van der Waals surface area (Å²) < 4.78 is 0. The van der Waals surface area contributed by atoms with Gasteiger partial charge in [0.2, 0.25) is 0 Å². The number of nitrogens with zero attached hydrogens (tertiary/aromatic N) is 1. The van der Waals surface area contributed by atoms with Gasteiger partial charge in [0.25, 0.3) is 0 Å². The Kier molecular flexibility index (Phi) is 1.65. The van der Waals surface area contributed by atoms with Gasteiger partial charge in [-0.3, -0.25) is 0 Å². The van der Waals surface area contributed by atoms with Crippen LogP contribution in [0.25, 0.3) is 0 Å². The lowest BCUT2D eigenvalue weighted by Crippen LogP contribution is -2.22. The van der Waals surface area contributed by atoms with Gasteiger partial charge < -0.3 is 10.6 Å². The second-order valence-corrected chi connectivity index (χ2v) is 4.37. The summed E-state index contributed by atoms with van der Waals surface area (Å²) >= 11 is 0. The van der Waals surface area contributed by atoms with Crippen molar-refractivity contribution < 1.29 is 0 Å². The Morgan fingerprint density at radius 3 is 2.57 bits per heavy atom. The van der Waals surface area contributed by atoms with Crippen LogP contribution in [0, 0.1) is 0 Å². The highest BCUT2D eigenvalue weighted by molar-refractivity contribution is 5.76. The molecule has 1 aliphatic rings. The molecule has 0 atom stereocenters. The highest BCUT2D eigenvalue weighted by Crippen LogP contribution is 2.48. The highest BCUT2D eigenvalue weighted by Gasteiger charge is 2.38. The fourth-order valence-corrected chi connectivity index (χ4v) is 2.23. The number of likely N-dealkylation sites (N-methyl/N-ethyl adjacent to an activating group) is 1. The van der Waals surface area contributed by atoms with Gasteiger partial charge in [-0.2, -0.15) is 0 Å². The molecule has 0 amide bonds. The maximum absolute atomic E-state index is 6.00. The van der Waals surface area contributed by atoms with Gasteiger partial charge in [0.15, 0.2) is 0 Å². The lowest BCUT2D eigenvalue weighted by Gasteiger charge is -2.22. The predicted octanol–water partition coefficient (Wildman–Crippen LogP) is 2.51. The van der Waals surface area contributed by atoms with E-state index in [4.69, 9.17) is 5.73 Å². The molecule has 2 heteroatoms. The molecule has 1 aromatic rings. The van der Waals surface area contributed by atoms with E-state index in [0.29, 0.717) is 0 Å². The molecule has 1 aromatic carbocycles. The summed E-state index contributed by atoms with van der Waals surface area (Å²) in [5.41, 5.74) is 10.3. The van der Waals surface area contributed by atoms with Gasteiger partial charge in [-0.25, -0.2) is 0 Å². The van der Waals surface area contributed by atoms with Gasteiger partial charge in [-0.1, -0.05) is 26.5 Å². The number of rotatable bonds is 0. The quantitative estimate of drug-likeness (QED) is 0.634. The average Bonchev–Trinajstić information content (AvgIpc) is 2.29. The SMILES string of the molecule is C=C1N(C)c2cccc(N)c2C1(C)C. The number of allylic oxidation sites excluding steroid dienone is 1. The third-order valence-electron chi connectivity index (χ3n) is 3.19. The summed E-state index contributed by atoms with van der Waals surface area (Å²) in [6.45, 7) is 8.44. The van der Waals surface area contributed by atoms with E-state index >= 15 is 0 Å². The largest absolute Gasteiger partial charge is 0.398 e. The highest BCUT2D eigenvalue weighted by atomic mass is 15.2. The second-order valence-electron chi connectivity index (χ2n) is 4.37. The topological polar surface area (TPSA) is 29.3 Å². The number of nitrogen functional groups attached to an aromatic ring is 1. The maximum Gasteiger partial charge on any atom is 0.0468 e. The molecule has 0 saturated heterocycles. The lowest BCUT2D eigenvalue weighted by atomic mass is 9.83. The van der Waals surface area contributed by atoms with Crippen molar-refractivity contribution in [1.82, 2.24) is 0 Å². The Hall–Kier alpha value is -1.44. The van der Waals surface area contributed by atoms with E-state index in [2.05, 4.69) is 31.4 Å². The van der Waals surface area contributed by atoms with Crippen LogP contribution in [0.15, 0.2) is 30.5 Å². The van der Waals surface area contributed by atoms with E-state index < -0.39 is 0 Å². The minimum absolute atomic E-state index is 0.0462. The van der Waals surface area contributed by atoms with Crippen LogP contribution in [-0.4, -0.2) is 7.05 Å². The maximum atomic E-state index is 6.00. The molecule has 2 nitrogen and oxygen atoms in total. The van der Waals surface area contributed by atoms with Crippen LogP contribution >= 0.6 is 0 Å². The summed E-state index contributed by atoms with van der Waals surface area (Å²) in [5, 5.41) is 0. The van der Waals surface area contributed by atoms with Crippen LogP contribution in [0.2, 0.25) is 0 Å². The van der Waals surface area contributed by atoms with Crippen molar-refractivity contribution in [2.24, 2.45) is 0 Å². The van der Waals surface area contributed by atoms with E-state index in [-0.39, 0.29) is 5.41 Å². The Labute approximate surface area is 85.0 Å². The van der Waals surface area contributed by atoms with Crippen molar-refractivity contribution in [3.63, 3.8) is 0 Å². The Bertz CT molecular complexity index is 405. The first-order chi connectivity index (χ1) is 6.46. The minimum Gasteiger partial charge on any atom is -0.398 e. The van der Waals surface area contributed by atoms with Crippen molar-refractivity contribution in [2.75, 3.05) is 17.7 Å². The summed E-state index contributed by atoms with van der Waals surface area (Å²) in [4.78, 5) is 2.12. The Morgan fingerprint density at radius 2 is 2.00 bits per heavy atom. The molecule has 0 unspecified atom stereocenters. The van der Waals surface area contributed by atoms with Crippen LogP contribution in [0.1, 0.15) is 19.4 Å². The van der Waals surface area contributed by atoms with Gasteiger partial charge in [0.1, 0.15) is 0 Å². The smallest absolute Gasteiger partial charge is 0.0468 e. The van der Waals surface area contributed by atoms with Crippen molar-refractivity contribution in [3.8, 4) is 0 Å². The molecule has 14 heavy (non-hydrogen) atoms. The molecule has 0 fully saturated rings. The first-order valence-electron chi connectivity index (χ1n) is 4.78. The molecule has 0 aliphatic carbocycles. The molecule has 0 spiro atoms. The summed E-state index contributed by atoms with van der Waals surface area (Å²) in [6.07, 6.45) is 0. The molecule has 1 aliphatic heterocycles. The molecule has 0 aromatic heterocycles. The van der Waals surface area contributed by atoms with Crippen molar-refractivity contribution >= 4 is 11.4 Å². The summed E-state index contributed by atoms with van der Waals surface area (Å²) in [6, 6.07) is 6.03. The Balaban J connectivity index is 2.75. The molecule has 2 rings (SSSR count). The van der Waals surface area contributed by atoms with Gasteiger partial charge >= 0.3 is 0 Å². The van der Waals surface area contributed by atoms with Crippen LogP contribution in [0.5, 0.6) is 0 Å². The molecular weight excluding hydrogens is 172 g/mol. The van der Waals surface area contributed by atoms with E-state index in [9.17, 15) is 0 Å². The number of hydrogen-bond donors (Lipinski definition) is 1. The number of nitrogens with two attached hydrogens (primary N) is 1. The first kappa shape index (κ1) is 9.13. The lowest BCUT2D eigenvalue weighted by molar-refractivity contribution is 0.645. The van der Waals surface area contributed by atoms with Crippen LogP contribution in [0.4, 0.5) is 11.4 Å². The number of benzene rings is 1. The Morgan fingerprint density at radius 1 is 1.36 bits per heavy atom. The molecule has 0 saturated carbocycles. The van der Waals surface area contributed by atoms with E-state index in [1.807, 2.05) is 19.2 Å². The molecule has 0 bridgehead atoms. The van der Waals surface area contributed by atoms with Crippen molar-refractivity contribution in [3.05, 3.63) is 36.0 Å². The first-order valence-corrected chi connectivity index (χ1v) is 4.78. The van der Waals surface area contributed by atoms with Gasteiger partial charge in [0, 0.05) is 35.1 Å². The summed E-state index contributed by atoms with van der Waals surface area (Å²) in [7, 11) is 2.04. The second kappa shape index (κ2) is 2.53. The average molecular weight is 188 g/mol. The van der Waals surface area contributed by atoms with E-state index in [1.165, 1.54) is 11.3 Å². The zero-order chi connectivity index (χ0) is 10.5. The molecular formula is C12H16N2. The number of anilines is 2. The molecule has 74 valence electrons. The summed E-state index contributed by atoms with van der Waals surface area (Å²) in [5.74, 6) is 0. The fraction of sp³-hybridized carbons (Fsp3) is 0.333. The molecule has 0 radical (unpaired) electrons. The fourth-order valence-electron chi connectivity index (χ4n) is 2.23. The third-order valence-corrected chi connectivity index (χ3v) is 3.19. The normalized spacial score (nSPS) is 18.5. The van der Waals surface area contributed by atoms with Crippen LogP contribution in [0.3, 0.4) is 0 Å². The third kappa shape index (κ3) is 0.910. The zero-order valence-corrected chi connectivity index (χ0v) is 8.96. The minimum atomic E-state index is -0.0462. The zero-order valence-electron chi connectivity index (χ0n) is 8.96. The molecule has 1 heterocycles. The predicted molar refractivity (Wildman–Crippen MR) is 61.4 cm³/mol. The molecule has 2 N–H and O–H groups in total. The van der Waals surface area contributed by atoms with E-state index in [1.54, 1.807) is 0 Å². The number of fused-ring (bicyclic) bond motifs is 1. The van der Waals surface area contributed by atoms with Crippen LogP contribution in [-0.2, 0) is 5.41 Å². The number of hydrogen-bond acceptors (Lipinski definition) is 2. The van der Waals surface area contributed by atoms with Crippen molar-refractivity contribution in [1.29, 1.82) is 0 Å². The monoisotopic (exact) mass is 188 g/mol. The van der Waals surface area contributed by atoms with Crippen LogP contribution < -0.4 is 10.6 Å². The van der Waals surface area contributed by atoms with Gasteiger partial charge in [-0.05, 0) is 12.1 Å². The standard InChI is InChI=1S/C12H16N2/c1-8-12(2,3)11-9(13)6-5-7-10(11)14(8)4/h5-7H,1,13H2,2-4H3. The van der Waals surface area contributed by atoms with E-state index in [0.717, 1.165) is 11.4 Å². The van der Waals surface area contributed by atoms with Gasteiger partial charge in [-0.15, -0.1) is 0 Å².